The van der Waals surface area contributed by atoms with Gasteiger partial charge in [0.05, 0.1) is 11.1 Å². The Morgan fingerprint density at radius 1 is 0.929 bits per heavy atom. The van der Waals surface area contributed by atoms with E-state index < -0.39 is 35.2 Å². The summed E-state index contributed by atoms with van der Waals surface area (Å²) in [4.78, 5) is 12.3. The SMILES string of the molecule is CCCCCCCCCCC(CCC)OC(=O)c1cc(F)ccc1C(F)(F)F. The average Bonchev–Trinajstić information content (AvgIpc) is 2.62. The molecule has 1 aromatic carbocycles. The van der Waals surface area contributed by atoms with Gasteiger partial charge >= 0.3 is 12.1 Å². The number of unbranched alkanes of at least 4 members (excludes halogenated alkanes) is 7. The molecule has 0 amide bonds. The maximum atomic E-state index is 13.4. The lowest BCUT2D eigenvalue weighted by Crippen LogP contribution is -2.21. The van der Waals surface area contributed by atoms with Crippen LogP contribution in [0.4, 0.5) is 17.6 Å². The summed E-state index contributed by atoms with van der Waals surface area (Å²) < 4.78 is 58.0. The summed E-state index contributed by atoms with van der Waals surface area (Å²) >= 11 is 0. The van der Waals surface area contributed by atoms with Crippen LogP contribution in [0.1, 0.15) is 100 Å². The molecule has 6 heteroatoms. The number of esters is 1. The van der Waals surface area contributed by atoms with Crippen LogP contribution in [0, 0.1) is 5.82 Å². The third-order valence-electron chi connectivity index (χ3n) is 4.77. The Kier molecular flexibility index (Phi) is 11.2. The minimum Gasteiger partial charge on any atom is -0.459 e. The fourth-order valence-corrected chi connectivity index (χ4v) is 3.24. The van der Waals surface area contributed by atoms with Crippen molar-refractivity contribution in [1.82, 2.24) is 0 Å². The lowest BCUT2D eigenvalue weighted by atomic mass is 10.0. The molecule has 0 aliphatic carbocycles. The summed E-state index contributed by atoms with van der Waals surface area (Å²) in [7, 11) is 0. The van der Waals surface area contributed by atoms with Crippen LogP contribution in [0.2, 0.25) is 0 Å². The second kappa shape index (κ2) is 12.8. The number of rotatable bonds is 13. The summed E-state index contributed by atoms with van der Waals surface area (Å²) in [5.41, 5.74) is -1.93. The number of halogens is 4. The Labute approximate surface area is 165 Å². The van der Waals surface area contributed by atoms with Crippen molar-refractivity contribution in [2.45, 2.75) is 96.8 Å². The van der Waals surface area contributed by atoms with Gasteiger partial charge in [-0.25, -0.2) is 9.18 Å². The molecule has 0 saturated heterocycles. The molecule has 0 aromatic heterocycles. The molecule has 0 N–H and O–H groups in total. The molecular formula is C22H32F4O2. The number of hydrogen-bond donors (Lipinski definition) is 0. The van der Waals surface area contributed by atoms with Crippen molar-refractivity contribution in [2.75, 3.05) is 0 Å². The first-order valence-electron chi connectivity index (χ1n) is 10.4. The number of alkyl halides is 3. The van der Waals surface area contributed by atoms with Crippen molar-refractivity contribution in [3.05, 3.63) is 35.1 Å². The molecule has 0 fully saturated rings. The first kappa shape index (κ1) is 24.4. The summed E-state index contributed by atoms with van der Waals surface area (Å²) in [6.45, 7) is 4.11. The van der Waals surface area contributed by atoms with Crippen LogP contribution >= 0.6 is 0 Å². The number of hydrogen-bond acceptors (Lipinski definition) is 2. The van der Waals surface area contributed by atoms with Gasteiger partial charge in [0.15, 0.2) is 0 Å². The molecule has 2 nitrogen and oxygen atoms in total. The lowest BCUT2D eigenvalue weighted by molar-refractivity contribution is -0.138. The predicted octanol–water partition coefficient (Wildman–Crippen LogP) is 7.70. The van der Waals surface area contributed by atoms with Crippen LogP contribution in [0.25, 0.3) is 0 Å². The van der Waals surface area contributed by atoms with E-state index in [1.165, 1.54) is 32.1 Å². The van der Waals surface area contributed by atoms with Crippen molar-refractivity contribution >= 4 is 5.97 Å². The zero-order chi connectivity index (χ0) is 21.0. The highest BCUT2D eigenvalue weighted by Gasteiger charge is 2.36. The molecule has 1 rings (SSSR count). The molecule has 0 saturated carbocycles. The van der Waals surface area contributed by atoms with Crippen LogP contribution in [0.5, 0.6) is 0 Å². The Morgan fingerprint density at radius 2 is 1.54 bits per heavy atom. The van der Waals surface area contributed by atoms with Crippen LogP contribution in [0.3, 0.4) is 0 Å². The van der Waals surface area contributed by atoms with Crippen LogP contribution < -0.4 is 0 Å². The zero-order valence-corrected chi connectivity index (χ0v) is 16.9. The molecule has 1 aromatic rings. The van der Waals surface area contributed by atoms with E-state index in [4.69, 9.17) is 4.74 Å². The normalized spacial score (nSPS) is 12.8. The van der Waals surface area contributed by atoms with E-state index in [1.807, 2.05) is 6.92 Å². The quantitative estimate of drug-likeness (QED) is 0.191. The van der Waals surface area contributed by atoms with E-state index in [1.54, 1.807) is 0 Å². The Morgan fingerprint density at radius 3 is 2.11 bits per heavy atom. The molecule has 28 heavy (non-hydrogen) atoms. The van der Waals surface area contributed by atoms with E-state index in [0.717, 1.165) is 25.7 Å². The molecule has 1 atom stereocenters. The standard InChI is InChI=1S/C22H32F4O2/c1-3-5-6-7-8-9-10-11-13-18(12-4-2)28-21(27)19-16-17(23)14-15-20(19)22(24,25)26/h14-16,18H,3-13H2,1-2H3. The first-order chi connectivity index (χ1) is 13.3. The van der Waals surface area contributed by atoms with Gasteiger partial charge in [0.25, 0.3) is 0 Å². The van der Waals surface area contributed by atoms with Gasteiger partial charge in [-0.05, 0) is 37.5 Å². The maximum absolute atomic E-state index is 13.4. The van der Waals surface area contributed by atoms with Crippen molar-refractivity contribution in [1.29, 1.82) is 0 Å². The molecule has 0 radical (unpaired) electrons. The fourth-order valence-electron chi connectivity index (χ4n) is 3.24. The maximum Gasteiger partial charge on any atom is 0.417 e. The molecule has 160 valence electrons. The Hall–Kier alpha value is -1.59. The second-order valence-electron chi connectivity index (χ2n) is 7.27. The van der Waals surface area contributed by atoms with Gasteiger partial charge < -0.3 is 4.74 Å². The van der Waals surface area contributed by atoms with Gasteiger partial charge in [-0.2, -0.15) is 13.2 Å². The van der Waals surface area contributed by atoms with Gasteiger partial charge in [-0.1, -0.05) is 65.2 Å². The topological polar surface area (TPSA) is 26.3 Å². The molecule has 1 unspecified atom stereocenters. The Balaban J connectivity index is 2.57. The lowest BCUT2D eigenvalue weighted by Gasteiger charge is -2.19. The van der Waals surface area contributed by atoms with Crippen molar-refractivity contribution < 1.29 is 27.1 Å². The Bertz CT molecular complexity index is 584. The van der Waals surface area contributed by atoms with Crippen molar-refractivity contribution in [2.24, 2.45) is 0 Å². The molecule has 0 heterocycles. The van der Waals surface area contributed by atoms with Crippen LogP contribution in [-0.2, 0) is 10.9 Å². The molecule has 0 spiro atoms. The third kappa shape index (κ3) is 9.07. The third-order valence-corrected chi connectivity index (χ3v) is 4.77. The highest BCUT2D eigenvalue weighted by atomic mass is 19.4. The van der Waals surface area contributed by atoms with Crippen LogP contribution in [-0.4, -0.2) is 12.1 Å². The van der Waals surface area contributed by atoms with Crippen molar-refractivity contribution in [3.63, 3.8) is 0 Å². The number of ether oxygens (including phenoxy) is 1. The van der Waals surface area contributed by atoms with Gasteiger partial charge in [-0.3, -0.25) is 0 Å². The van der Waals surface area contributed by atoms with Gasteiger partial charge in [0.2, 0.25) is 0 Å². The number of carbonyl (C=O) groups excluding carboxylic acids is 1. The largest absolute Gasteiger partial charge is 0.459 e. The van der Waals surface area contributed by atoms with Gasteiger partial charge in [0.1, 0.15) is 11.9 Å². The minimum absolute atomic E-state index is 0.443. The van der Waals surface area contributed by atoms with E-state index in [9.17, 15) is 22.4 Å². The molecular weight excluding hydrogens is 372 g/mol. The van der Waals surface area contributed by atoms with E-state index in [2.05, 4.69) is 6.92 Å². The highest BCUT2D eigenvalue weighted by Crippen LogP contribution is 2.33. The summed E-state index contributed by atoms with van der Waals surface area (Å²) in [6, 6.07) is 1.88. The summed E-state index contributed by atoms with van der Waals surface area (Å²) in [6.07, 6.45) is 5.88. The summed E-state index contributed by atoms with van der Waals surface area (Å²) in [5, 5.41) is 0. The zero-order valence-electron chi connectivity index (χ0n) is 16.9. The number of carbonyl (C=O) groups is 1. The first-order valence-corrected chi connectivity index (χ1v) is 10.4. The monoisotopic (exact) mass is 404 g/mol. The highest BCUT2D eigenvalue weighted by molar-refractivity contribution is 5.91. The van der Waals surface area contributed by atoms with E-state index >= 15 is 0 Å². The smallest absolute Gasteiger partial charge is 0.417 e. The number of benzene rings is 1. The molecule has 0 aliphatic rings. The minimum atomic E-state index is -4.74. The van der Waals surface area contributed by atoms with Gasteiger partial charge in [-0.15, -0.1) is 0 Å². The summed E-state index contributed by atoms with van der Waals surface area (Å²) in [5.74, 6) is -2.00. The average molecular weight is 404 g/mol. The van der Waals surface area contributed by atoms with Crippen molar-refractivity contribution in [3.8, 4) is 0 Å². The molecule has 0 aliphatic heterocycles. The predicted molar refractivity (Wildman–Crippen MR) is 103 cm³/mol. The molecule has 0 bridgehead atoms. The fraction of sp³-hybridized carbons (Fsp3) is 0.682. The van der Waals surface area contributed by atoms with E-state index in [-0.39, 0.29) is 0 Å². The van der Waals surface area contributed by atoms with E-state index in [0.29, 0.717) is 31.0 Å². The van der Waals surface area contributed by atoms with Crippen LogP contribution in [0.15, 0.2) is 18.2 Å². The second-order valence-corrected chi connectivity index (χ2v) is 7.27. The van der Waals surface area contributed by atoms with Gasteiger partial charge in [0, 0.05) is 0 Å².